The molecule has 5 rings (SSSR count). The summed E-state index contributed by atoms with van der Waals surface area (Å²) in [5.41, 5.74) is 3.80. The predicted octanol–water partition coefficient (Wildman–Crippen LogP) is 3.24. The second-order valence-electron chi connectivity index (χ2n) is 7.47. The second-order valence-corrected chi connectivity index (χ2v) is 8.50. The van der Waals surface area contributed by atoms with Crippen LogP contribution in [0.1, 0.15) is 12.0 Å². The van der Waals surface area contributed by atoms with Gasteiger partial charge >= 0.3 is 0 Å². The fourth-order valence-electron chi connectivity index (χ4n) is 3.97. The highest BCUT2D eigenvalue weighted by atomic mass is 32.1. The van der Waals surface area contributed by atoms with Crippen LogP contribution in [0.4, 0.5) is 5.69 Å². The number of hydrogen-bond acceptors (Lipinski definition) is 6. The molecule has 2 amide bonds. The number of fused-ring (bicyclic) bond motifs is 1. The molecule has 1 aromatic heterocycles. The summed E-state index contributed by atoms with van der Waals surface area (Å²) in [6, 6.07) is 13.4. The number of ether oxygens (including phenoxy) is 1. The van der Waals surface area contributed by atoms with Crippen LogP contribution in [0, 0.1) is 6.92 Å². The molecule has 0 N–H and O–H groups in total. The molecule has 2 fully saturated rings. The Balaban J connectivity index is 1.39. The van der Waals surface area contributed by atoms with Gasteiger partial charge in [-0.2, -0.15) is 0 Å². The molecule has 0 bridgehead atoms. The number of thiazole rings is 1. The molecule has 2 aliphatic heterocycles. The maximum Gasteiger partial charge on any atom is 0.251 e. The molecule has 0 aliphatic carbocycles. The lowest BCUT2D eigenvalue weighted by molar-refractivity contribution is -0.123. The smallest absolute Gasteiger partial charge is 0.251 e. The average molecular weight is 407 g/mol. The Morgan fingerprint density at radius 2 is 1.83 bits per heavy atom. The van der Waals surface area contributed by atoms with Gasteiger partial charge in [-0.15, -0.1) is 11.3 Å². The highest BCUT2D eigenvalue weighted by molar-refractivity contribution is 7.21. The summed E-state index contributed by atoms with van der Waals surface area (Å²) in [5.74, 6) is -0.283. The average Bonchev–Trinajstić information content (AvgIpc) is 3.29. The van der Waals surface area contributed by atoms with Gasteiger partial charge in [-0.3, -0.25) is 14.5 Å². The molecule has 2 aromatic carbocycles. The van der Waals surface area contributed by atoms with Gasteiger partial charge < -0.3 is 4.74 Å². The maximum absolute atomic E-state index is 12.9. The zero-order valence-electron chi connectivity index (χ0n) is 16.1. The van der Waals surface area contributed by atoms with E-state index in [1.807, 2.05) is 30.3 Å². The van der Waals surface area contributed by atoms with E-state index in [0.29, 0.717) is 32.0 Å². The van der Waals surface area contributed by atoms with Gasteiger partial charge in [-0.05, 0) is 48.9 Å². The quantitative estimate of drug-likeness (QED) is 0.624. The van der Waals surface area contributed by atoms with Gasteiger partial charge in [0.1, 0.15) is 5.01 Å². The van der Waals surface area contributed by atoms with Gasteiger partial charge in [0.05, 0.1) is 41.6 Å². The van der Waals surface area contributed by atoms with Gasteiger partial charge in [0.2, 0.25) is 5.91 Å². The number of nitrogens with zero attached hydrogens (tertiary/aromatic N) is 3. The molecule has 7 heteroatoms. The number of aryl methyl sites for hydroxylation is 1. The molecule has 0 radical (unpaired) electrons. The topological polar surface area (TPSA) is 62.7 Å². The second kappa shape index (κ2) is 7.33. The highest BCUT2D eigenvalue weighted by Gasteiger charge is 2.42. The Morgan fingerprint density at radius 1 is 1.07 bits per heavy atom. The number of amides is 2. The van der Waals surface area contributed by atoms with Crippen molar-refractivity contribution in [1.29, 1.82) is 0 Å². The van der Waals surface area contributed by atoms with E-state index in [0.717, 1.165) is 20.8 Å². The van der Waals surface area contributed by atoms with E-state index in [1.165, 1.54) is 10.5 Å². The van der Waals surface area contributed by atoms with Gasteiger partial charge in [0, 0.05) is 18.7 Å². The summed E-state index contributed by atoms with van der Waals surface area (Å²) >= 11 is 1.65. The van der Waals surface area contributed by atoms with Crippen molar-refractivity contribution in [3.05, 3.63) is 48.0 Å². The standard InChI is InChI=1S/C22H21N3O3S/c1-14-2-7-17-19(12-14)29-21(23-17)15-3-5-16(6-4-15)25-20(26)13-18(22(25)27)24-8-10-28-11-9-24/h2-7,12,18H,8-11,13H2,1H3/t18-/m1/s1. The van der Waals surface area contributed by atoms with Crippen molar-refractivity contribution in [2.75, 3.05) is 31.2 Å². The van der Waals surface area contributed by atoms with E-state index in [9.17, 15) is 9.59 Å². The Labute approximate surface area is 172 Å². The highest BCUT2D eigenvalue weighted by Crippen LogP contribution is 2.33. The largest absolute Gasteiger partial charge is 0.379 e. The van der Waals surface area contributed by atoms with E-state index in [1.54, 1.807) is 11.3 Å². The fraction of sp³-hybridized carbons (Fsp3) is 0.318. The first kappa shape index (κ1) is 18.4. The zero-order chi connectivity index (χ0) is 20.0. The monoisotopic (exact) mass is 407 g/mol. The third kappa shape index (κ3) is 3.35. The minimum absolute atomic E-state index is 0.139. The van der Waals surface area contributed by atoms with Crippen molar-refractivity contribution in [1.82, 2.24) is 9.88 Å². The van der Waals surface area contributed by atoms with Crippen molar-refractivity contribution in [3.8, 4) is 10.6 Å². The molecule has 2 aliphatic rings. The first-order valence-electron chi connectivity index (χ1n) is 9.76. The summed E-state index contributed by atoms with van der Waals surface area (Å²) in [7, 11) is 0. The van der Waals surface area contributed by atoms with Crippen LogP contribution in [0.25, 0.3) is 20.8 Å². The first-order chi connectivity index (χ1) is 14.1. The van der Waals surface area contributed by atoms with Gasteiger partial charge in [0.15, 0.2) is 0 Å². The number of imide groups is 1. The zero-order valence-corrected chi connectivity index (χ0v) is 16.9. The Hall–Kier alpha value is -2.61. The molecule has 148 valence electrons. The van der Waals surface area contributed by atoms with E-state index in [4.69, 9.17) is 9.72 Å². The molecule has 0 saturated carbocycles. The number of hydrogen-bond donors (Lipinski definition) is 0. The van der Waals surface area contributed by atoms with Crippen LogP contribution in [0.3, 0.4) is 0 Å². The number of aromatic nitrogens is 1. The van der Waals surface area contributed by atoms with Crippen molar-refractivity contribution in [3.63, 3.8) is 0 Å². The van der Waals surface area contributed by atoms with E-state index >= 15 is 0 Å². The Bertz CT molecular complexity index is 1090. The van der Waals surface area contributed by atoms with E-state index in [-0.39, 0.29) is 24.3 Å². The Kier molecular flexibility index (Phi) is 4.66. The molecule has 2 saturated heterocycles. The van der Waals surface area contributed by atoms with Gasteiger partial charge in [-0.25, -0.2) is 9.88 Å². The normalized spacial score (nSPS) is 20.7. The molecule has 29 heavy (non-hydrogen) atoms. The van der Waals surface area contributed by atoms with E-state index in [2.05, 4.69) is 24.0 Å². The fourth-order valence-corrected chi connectivity index (χ4v) is 5.04. The van der Waals surface area contributed by atoms with Crippen LogP contribution in [0.2, 0.25) is 0 Å². The lowest BCUT2D eigenvalue weighted by Gasteiger charge is -2.30. The molecular weight excluding hydrogens is 386 g/mol. The van der Waals surface area contributed by atoms with Crippen molar-refractivity contribution < 1.29 is 14.3 Å². The molecule has 3 aromatic rings. The minimum atomic E-state index is -0.376. The molecule has 6 nitrogen and oxygen atoms in total. The van der Waals surface area contributed by atoms with Gasteiger partial charge in [-0.1, -0.05) is 6.07 Å². The first-order valence-corrected chi connectivity index (χ1v) is 10.6. The third-order valence-electron chi connectivity index (χ3n) is 5.53. The van der Waals surface area contributed by atoms with Crippen LogP contribution in [-0.4, -0.2) is 54.0 Å². The number of anilines is 1. The Morgan fingerprint density at radius 3 is 2.59 bits per heavy atom. The van der Waals surface area contributed by atoms with E-state index < -0.39 is 0 Å². The lowest BCUT2D eigenvalue weighted by atomic mass is 10.2. The number of benzene rings is 2. The number of carbonyl (C=O) groups excluding carboxylic acids is 2. The molecule has 0 spiro atoms. The SMILES string of the molecule is Cc1ccc2nc(-c3ccc(N4C(=O)C[C@@H](N5CCOCC5)C4=O)cc3)sc2c1. The minimum Gasteiger partial charge on any atom is -0.379 e. The summed E-state index contributed by atoms with van der Waals surface area (Å²) in [6.07, 6.45) is 0.234. The summed E-state index contributed by atoms with van der Waals surface area (Å²) in [4.78, 5) is 33.6. The molecule has 3 heterocycles. The van der Waals surface area contributed by atoms with Crippen LogP contribution < -0.4 is 4.90 Å². The van der Waals surface area contributed by atoms with Gasteiger partial charge in [0.25, 0.3) is 5.91 Å². The van der Waals surface area contributed by atoms with Crippen molar-refractivity contribution >= 4 is 39.1 Å². The van der Waals surface area contributed by atoms with Crippen LogP contribution in [0.15, 0.2) is 42.5 Å². The van der Waals surface area contributed by atoms with Crippen LogP contribution in [-0.2, 0) is 14.3 Å². The summed E-state index contributed by atoms with van der Waals surface area (Å²) in [6.45, 7) is 4.66. The molecular formula is C22H21N3O3S. The third-order valence-corrected chi connectivity index (χ3v) is 6.59. The molecule has 1 atom stereocenters. The lowest BCUT2D eigenvalue weighted by Crippen LogP contribution is -2.47. The summed E-state index contributed by atoms with van der Waals surface area (Å²) in [5, 5.41) is 0.933. The molecule has 0 unspecified atom stereocenters. The number of carbonyl (C=O) groups is 2. The van der Waals surface area contributed by atoms with Crippen LogP contribution >= 0.6 is 11.3 Å². The van der Waals surface area contributed by atoms with Crippen LogP contribution in [0.5, 0.6) is 0 Å². The number of rotatable bonds is 3. The summed E-state index contributed by atoms with van der Waals surface area (Å²) < 4.78 is 6.51. The number of morpholine rings is 1. The van der Waals surface area contributed by atoms with Crippen molar-refractivity contribution in [2.45, 2.75) is 19.4 Å². The van der Waals surface area contributed by atoms with Crippen molar-refractivity contribution in [2.24, 2.45) is 0 Å². The predicted molar refractivity (Wildman–Crippen MR) is 113 cm³/mol. The maximum atomic E-state index is 12.9.